The third-order valence-electron chi connectivity index (χ3n) is 3.78. The first-order valence-electron chi connectivity index (χ1n) is 7.37. The van der Waals surface area contributed by atoms with Gasteiger partial charge >= 0.3 is 0 Å². The minimum Gasteiger partial charge on any atom is -0.343 e. The zero-order chi connectivity index (χ0) is 15.0. The minimum absolute atomic E-state index is 0.0571. The van der Waals surface area contributed by atoms with Crippen LogP contribution in [0.4, 0.5) is 0 Å². The number of likely N-dealkylation sites (tertiary alicyclic amines) is 1. The Morgan fingerprint density at radius 2 is 2.10 bits per heavy atom. The number of piperidine rings is 1. The van der Waals surface area contributed by atoms with Gasteiger partial charge in [-0.05, 0) is 18.3 Å². The fourth-order valence-corrected chi connectivity index (χ4v) is 3.67. The maximum Gasteiger partial charge on any atom is 0.234 e. The van der Waals surface area contributed by atoms with E-state index in [4.69, 9.17) is 0 Å². The van der Waals surface area contributed by atoms with Crippen LogP contribution < -0.4 is 0 Å². The Hall–Kier alpha value is -1.50. The van der Waals surface area contributed by atoms with Crippen molar-refractivity contribution in [2.75, 3.05) is 13.1 Å². The van der Waals surface area contributed by atoms with E-state index in [1.54, 1.807) is 22.2 Å². The molecule has 2 aromatic heterocycles. The van der Waals surface area contributed by atoms with Crippen molar-refractivity contribution in [3.05, 3.63) is 11.3 Å². The monoisotopic (exact) mass is 307 g/mol. The SMILES string of the molecule is CC(C)(C)CC(=O)N1CCC(c2nn3cnnc3s2)CC1. The average Bonchev–Trinajstić information content (AvgIpc) is 2.97. The molecule has 0 aromatic carbocycles. The lowest BCUT2D eigenvalue weighted by Gasteiger charge is -2.32. The average molecular weight is 307 g/mol. The Balaban J connectivity index is 1.60. The van der Waals surface area contributed by atoms with E-state index in [0.717, 1.165) is 35.9 Å². The first-order valence-corrected chi connectivity index (χ1v) is 8.18. The number of aromatic nitrogens is 4. The largest absolute Gasteiger partial charge is 0.343 e. The van der Waals surface area contributed by atoms with Gasteiger partial charge in [0.2, 0.25) is 10.9 Å². The Morgan fingerprint density at radius 3 is 2.71 bits per heavy atom. The summed E-state index contributed by atoms with van der Waals surface area (Å²) in [6.45, 7) is 7.99. The molecule has 0 aliphatic carbocycles. The molecule has 0 spiro atoms. The third kappa shape index (κ3) is 3.23. The van der Waals surface area contributed by atoms with Gasteiger partial charge < -0.3 is 4.90 Å². The number of amides is 1. The second-order valence-corrected chi connectivity index (χ2v) is 7.88. The number of hydrogen-bond acceptors (Lipinski definition) is 5. The summed E-state index contributed by atoms with van der Waals surface area (Å²) in [5.74, 6) is 0.717. The number of rotatable bonds is 2. The molecular weight excluding hydrogens is 286 g/mol. The molecule has 0 unspecified atom stereocenters. The zero-order valence-corrected chi connectivity index (χ0v) is 13.6. The van der Waals surface area contributed by atoms with Gasteiger partial charge in [-0.25, -0.2) is 0 Å². The highest BCUT2D eigenvalue weighted by molar-refractivity contribution is 7.16. The van der Waals surface area contributed by atoms with E-state index in [2.05, 4.69) is 36.1 Å². The van der Waals surface area contributed by atoms with E-state index >= 15 is 0 Å². The summed E-state index contributed by atoms with van der Waals surface area (Å²) in [6, 6.07) is 0. The standard InChI is InChI=1S/C14H21N5OS/c1-14(2,3)8-11(20)18-6-4-10(5-7-18)12-17-19-9-15-16-13(19)21-12/h9-10H,4-8H2,1-3H3. The van der Waals surface area contributed by atoms with Gasteiger partial charge in [0.05, 0.1) is 0 Å². The van der Waals surface area contributed by atoms with Gasteiger partial charge in [-0.1, -0.05) is 32.1 Å². The molecule has 114 valence electrons. The van der Waals surface area contributed by atoms with Crippen molar-refractivity contribution >= 4 is 22.2 Å². The van der Waals surface area contributed by atoms with E-state index in [1.165, 1.54) is 0 Å². The minimum atomic E-state index is 0.0571. The first-order chi connectivity index (χ1) is 9.92. The van der Waals surface area contributed by atoms with E-state index in [0.29, 0.717) is 12.3 Å². The van der Waals surface area contributed by atoms with Crippen molar-refractivity contribution in [3.63, 3.8) is 0 Å². The second-order valence-electron chi connectivity index (χ2n) is 6.89. The van der Waals surface area contributed by atoms with Crippen molar-refractivity contribution < 1.29 is 4.79 Å². The van der Waals surface area contributed by atoms with Gasteiger partial charge in [-0.3, -0.25) is 4.79 Å². The molecule has 3 heterocycles. The Bertz CT molecular complexity index is 605. The molecule has 1 aliphatic heterocycles. The zero-order valence-electron chi connectivity index (χ0n) is 12.7. The smallest absolute Gasteiger partial charge is 0.234 e. The summed E-state index contributed by atoms with van der Waals surface area (Å²) in [6.07, 6.45) is 4.23. The first kappa shape index (κ1) is 14.4. The molecule has 3 rings (SSSR count). The van der Waals surface area contributed by atoms with Gasteiger partial charge in [0.1, 0.15) is 11.3 Å². The highest BCUT2D eigenvalue weighted by Crippen LogP contribution is 2.31. The van der Waals surface area contributed by atoms with Gasteiger partial charge in [0.15, 0.2) is 0 Å². The predicted molar refractivity (Wildman–Crippen MR) is 81.3 cm³/mol. The van der Waals surface area contributed by atoms with Crippen LogP contribution in [0.1, 0.15) is 51.0 Å². The molecule has 21 heavy (non-hydrogen) atoms. The van der Waals surface area contributed by atoms with Crippen molar-refractivity contribution in [2.24, 2.45) is 5.41 Å². The summed E-state index contributed by atoms with van der Waals surface area (Å²) in [5, 5.41) is 13.5. The number of fused-ring (bicyclic) bond motifs is 1. The lowest BCUT2D eigenvalue weighted by Crippen LogP contribution is -2.39. The Morgan fingerprint density at radius 1 is 1.38 bits per heavy atom. The van der Waals surface area contributed by atoms with Gasteiger partial charge in [0.25, 0.3) is 0 Å². The Kier molecular flexibility index (Phi) is 3.69. The van der Waals surface area contributed by atoms with Crippen LogP contribution in [0, 0.1) is 5.41 Å². The second kappa shape index (κ2) is 5.36. The fraction of sp³-hybridized carbons (Fsp3) is 0.714. The molecule has 1 saturated heterocycles. The highest BCUT2D eigenvalue weighted by Gasteiger charge is 2.28. The molecule has 1 fully saturated rings. The van der Waals surface area contributed by atoms with Crippen LogP contribution in [-0.4, -0.2) is 43.7 Å². The van der Waals surface area contributed by atoms with Crippen LogP contribution in [0.2, 0.25) is 0 Å². The molecule has 0 bridgehead atoms. The summed E-state index contributed by atoms with van der Waals surface area (Å²) in [7, 11) is 0. The number of carbonyl (C=O) groups is 1. The van der Waals surface area contributed by atoms with Crippen LogP contribution in [0.25, 0.3) is 4.96 Å². The van der Waals surface area contributed by atoms with Crippen molar-refractivity contribution in [1.82, 2.24) is 24.7 Å². The lowest BCUT2D eigenvalue weighted by molar-refractivity contribution is -0.134. The number of carbonyl (C=O) groups excluding carboxylic acids is 1. The molecule has 2 aromatic rings. The molecule has 0 N–H and O–H groups in total. The van der Waals surface area contributed by atoms with E-state index in [9.17, 15) is 4.79 Å². The topological polar surface area (TPSA) is 63.4 Å². The maximum atomic E-state index is 12.2. The van der Waals surface area contributed by atoms with E-state index < -0.39 is 0 Å². The molecule has 6 nitrogen and oxygen atoms in total. The van der Waals surface area contributed by atoms with Crippen molar-refractivity contribution in [1.29, 1.82) is 0 Å². The van der Waals surface area contributed by atoms with Gasteiger partial charge in [0, 0.05) is 25.4 Å². The highest BCUT2D eigenvalue weighted by atomic mass is 32.1. The van der Waals surface area contributed by atoms with Crippen LogP contribution in [-0.2, 0) is 4.79 Å². The summed E-state index contributed by atoms with van der Waals surface area (Å²) < 4.78 is 1.73. The van der Waals surface area contributed by atoms with Crippen LogP contribution in [0.3, 0.4) is 0 Å². The van der Waals surface area contributed by atoms with Gasteiger partial charge in [-0.2, -0.15) is 9.61 Å². The maximum absolute atomic E-state index is 12.2. The van der Waals surface area contributed by atoms with E-state index in [1.807, 2.05) is 4.90 Å². The molecule has 0 atom stereocenters. The van der Waals surface area contributed by atoms with E-state index in [-0.39, 0.29) is 11.3 Å². The number of hydrogen-bond donors (Lipinski definition) is 0. The molecule has 0 saturated carbocycles. The third-order valence-corrected chi connectivity index (χ3v) is 4.86. The van der Waals surface area contributed by atoms with Gasteiger partial charge in [-0.15, -0.1) is 10.2 Å². The van der Waals surface area contributed by atoms with Crippen LogP contribution >= 0.6 is 11.3 Å². The Labute approximate surface area is 128 Å². The predicted octanol–water partition coefficient (Wildman–Crippen LogP) is 2.33. The molecule has 0 radical (unpaired) electrons. The summed E-state index contributed by atoms with van der Waals surface area (Å²) in [4.78, 5) is 15.1. The molecule has 7 heteroatoms. The van der Waals surface area contributed by atoms with Crippen molar-refractivity contribution in [3.8, 4) is 0 Å². The normalized spacial score (nSPS) is 17.6. The molecule has 1 aliphatic rings. The van der Waals surface area contributed by atoms with Crippen molar-refractivity contribution in [2.45, 2.75) is 46.0 Å². The summed E-state index contributed by atoms with van der Waals surface area (Å²) in [5.41, 5.74) is 0.0571. The molecular formula is C14H21N5OS. The van der Waals surface area contributed by atoms with Crippen LogP contribution in [0.5, 0.6) is 0 Å². The van der Waals surface area contributed by atoms with Crippen LogP contribution in [0.15, 0.2) is 6.33 Å². The molecule has 1 amide bonds. The lowest BCUT2D eigenvalue weighted by atomic mass is 9.90. The fourth-order valence-electron chi connectivity index (χ4n) is 2.68. The summed E-state index contributed by atoms with van der Waals surface area (Å²) >= 11 is 1.60. The number of nitrogens with zero attached hydrogens (tertiary/aromatic N) is 5. The quantitative estimate of drug-likeness (QED) is 0.854.